The van der Waals surface area contributed by atoms with Gasteiger partial charge in [0, 0.05) is 55.3 Å². The van der Waals surface area contributed by atoms with Gasteiger partial charge < -0.3 is 8.98 Å². The minimum atomic E-state index is -2.60. The highest BCUT2D eigenvalue weighted by Gasteiger charge is 2.35. The Morgan fingerprint density at radius 1 is 0.569 bits per heavy atom. The van der Waals surface area contributed by atoms with Crippen LogP contribution in [0.3, 0.4) is 0 Å². The van der Waals surface area contributed by atoms with Crippen molar-refractivity contribution in [3.8, 4) is 28.2 Å². The Bertz CT molecular complexity index is 2950. The third-order valence-corrected chi connectivity index (χ3v) is 13.3. The van der Waals surface area contributed by atoms with E-state index in [0.717, 1.165) is 88.1 Å². The summed E-state index contributed by atoms with van der Waals surface area (Å²) in [6.45, 7) is 4.75. The molecule has 5 aromatic carbocycles. The maximum Gasteiger partial charge on any atom is 0.161 e. The van der Waals surface area contributed by atoms with E-state index in [-0.39, 0.29) is 0 Å². The predicted octanol–water partition coefficient (Wildman–Crippen LogP) is 10.2. The summed E-state index contributed by atoms with van der Waals surface area (Å²) in [7, 11) is -2.60. The minimum absolute atomic E-state index is 0.796. The zero-order chi connectivity index (χ0) is 34.1. The number of benzene rings is 5. The predicted molar refractivity (Wildman–Crippen MR) is 213 cm³/mol. The molecule has 5 heterocycles. The molecule has 5 nitrogen and oxygen atoms in total. The molecule has 0 N–H and O–H groups in total. The molecule has 10 aromatic rings. The lowest BCUT2D eigenvalue weighted by molar-refractivity contribution is 0.673. The number of rotatable bonds is 5. The van der Waals surface area contributed by atoms with Crippen molar-refractivity contribution in [2.24, 2.45) is 0 Å². The number of hydrogen-bond donors (Lipinski definition) is 0. The van der Waals surface area contributed by atoms with E-state index in [1.54, 1.807) is 0 Å². The summed E-state index contributed by atoms with van der Waals surface area (Å²) in [6.07, 6.45) is 1.94. The van der Waals surface area contributed by atoms with Crippen LogP contribution in [-0.2, 0) is 0 Å². The van der Waals surface area contributed by atoms with Crippen molar-refractivity contribution in [3.05, 3.63) is 158 Å². The van der Waals surface area contributed by atoms with Crippen LogP contribution >= 0.6 is 0 Å². The van der Waals surface area contributed by atoms with Crippen molar-refractivity contribution in [1.82, 2.24) is 19.5 Å². The Balaban J connectivity index is 1.30. The van der Waals surface area contributed by atoms with Gasteiger partial charge in [0.15, 0.2) is 13.7 Å². The van der Waals surface area contributed by atoms with Crippen LogP contribution in [0.2, 0.25) is 13.1 Å². The van der Waals surface area contributed by atoms with E-state index in [1.807, 2.05) is 24.4 Å². The Morgan fingerprint density at radius 3 is 2.12 bits per heavy atom. The average molecular weight is 673 g/mol. The molecule has 0 aliphatic rings. The first-order valence-electron chi connectivity index (χ1n) is 17.3. The molecule has 0 saturated heterocycles. The van der Waals surface area contributed by atoms with Gasteiger partial charge in [0.05, 0.1) is 27.7 Å². The summed E-state index contributed by atoms with van der Waals surface area (Å²) in [4.78, 5) is 15.9. The van der Waals surface area contributed by atoms with E-state index in [0.29, 0.717) is 0 Å². The van der Waals surface area contributed by atoms with Gasteiger partial charge in [-0.25, -0.2) is 0 Å². The number of pyridine rings is 3. The topological polar surface area (TPSA) is 56.7 Å². The fraction of sp³-hybridized carbons (Fsp3) is 0.0444. The molecule has 0 bridgehead atoms. The second-order valence-electron chi connectivity index (χ2n) is 13.6. The molecule has 0 aliphatic heterocycles. The fourth-order valence-electron chi connectivity index (χ4n) is 7.65. The maximum absolute atomic E-state index is 6.79. The van der Waals surface area contributed by atoms with Crippen molar-refractivity contribution in [2.45, 2.75) is 13.1 Å². The van der Waals surface area contributed by atoms with Gasteiger partial charge in [0.25, 0.3) is 0 Å². The molecular weight excluding hydrogens is 641 g/mol. The molecule has 0 saturated carbocycles. The summed E-state index contributed by atoms with van der Waals surface area (Å²) in [5.74, 6) is 0. The molecule has 0 unspecified atom stereocenters. The molecule has 0 fully saturated rings. The summed E-state index contributed by atoms with van der Waals surface area (Å²) in [5, 5.41) is 7.59. The molecule has 51 heavy (non-hydrogen) atoms. The smallest absolute Gasteiger partial charge is 0.161 e. The summed E-state index contributed by atoms with van der Waals surface area (Å²) >= 11 is 0. The molecule has 0 radical (unpaired) electrons. The SMILES string of the molecule is C[Si](C)(c1cccc(-c2ccccc2)n1)c1nc(-c2cccc3c2oc2c4ccccc4cnc32)cc2c3ccccc3n(-c3ccccc3)c12. The molecule has 10 rings (SSSR count). The Morgan fingerprint density at radius 2 is 1.27 bits per heavy atom. The molecule has 0 amide bonds. The number of fused-ring (bicyclic) bond motifs is 8. The number of furan rings is 1. The molecule has 0 atom stereocenters. The first-order chi connectivity index (χ1) is 25.1. The lowest BCUT2D eigenvalue weighted by Crippen LogP contribution is -2.56. The molecular formula is C45H32N4OSi. The second-order valence-corrected chi connectivity index (χ2v) is 17.9. The van der Waals surface area contributed by atoms with Crippen molar-refractivity contribution < 1.29 is 4.42 Å². The van der Waals surface area contributed by atoms with Gasteiger partial charge >= 0.3 is 0 Å². The molecule has 242 valence electrons. The first kappa shape index (κ1) is 29.5. The summed E-state index contributed by atoms with van der Waals surface area (Å²) in [5.41, 5.74) is 9.73. The summed E-state index contributed by atoms with van der Waals surface area (Å²) < 4.78 is 9.18. The van der Waals surface area contributed by atoms with Gasteiger partial charge in [-0.3, -0.25) is 15.0 Å². The fourth-order valence-corrected chi connectivity index (χ4v) is 10.0. The second kappa shape index (κ2) is 11.3. The Kier molecular flexibility index (Phi) is 6.56. The van der Waals surface area contributed by atoms with Gasteiger partial charge in [-0.15, -0.1) is 0 Å². The minimum Gasteiger partial charge on any atom is -0.453 e. The molecule has 0 aliphatic carbocycles. The van der Waals surface area contributed by atoms with Crippen molar-refractivity contribution >= 4 is 73.4 Å². The number of aromatic nitrogens is 4. The highest BCUT2D eigenvalue weighted by molar-refractivity contribution is 7.00. The van der Waals surface area contributed by atoms with Crippen LogP contribution in [0.15, 0.2) is 162 Å². The van der Waals surface area contributed by atoms with Gasteiger partial charge in [-0.05, 0) is 48.5 Å². The highest BCUT2D eigenvalue weighted by Crippen LogP contribution is 2.39. The van der Waals surface area contributed by atoms with Crippen LogP contribution in [-0.4, -0.2) is 27.6 Å². The first-order valence-corrected chi connectivity index (χ1v) is 20.3. The highest BCUT2D eigenvalue weighted by atomic mass is 28.3. The lowest BCUT2D eigenvalue weighted by atomic mass is 10.1. The van der Waals surface area contributed by atoms with E-state index in [9.17, 15) is 0 Å². The van der Waals surface area contributed by atoms with Gasteiger partial charge in [0.2, 0.25) is 0 Å². The molecule has 6 heteroatoms. The van der Waals surface area contributed by atoms with Gasteiger partial charge in [-0.1, -0.05) is 116 Å². The Labute approximate surface area is 295 Å². The molecule has 5 aromatic heterocycles. The van der Waals surface area contributed by atoms with E-state index in [1.165, 1.54) is 5.39 Å². The maximum atomic E-state index is 6.79. The van der Waals surface area contributed by atoms with Crippen molar-refractivity contribution in [1.29, 1.82) is 0 Å². The van der Waals surface area contributed by atoms with Crippen molar-refractivity contribution in [2.75, 3.05) is 0 Å². The third-order valence-electron chi connectivity index (χ3n) is 10.2. The zero-order valence-electron chi connectivity index (χ0n) is 28.2. The Hall–Kier alpha value is -6.37. The summed E-state index contributed by atoms with van der Waals surface area (Å²) in [6, 6.07) is 53.0. The van der Waals surface area contributed by atoms with Gasteiger partial charge in [-0.2, -0.15) is 0 Å². The number of hydrogen-bond acceptors (Lipinski definition) is 4. The van der Waals surface area contributed by atoms with Crippen molar-refractivity contribution in [3.63, 3.8) is 0 Å². The number of nitrogens with zero attached hydrogens (tertiary/aromatic N) is 4. The van der Waals surface area contributed by atoms with E-state index in [2.05, 4.69) is 151 Å². The molecule has 0 spiro atoms. The zero-order valence-corrected chi connectivity index (χ0v) is 29.2. The van der Waals surface area contributed by atoms with E-state index < -0.39 is 8.07 Å². The van der Waals surface area contributed by atoms with E-state index >= 15 is 0 Å². The standard InChI is InChI=1S/C45H32N4OSi/c1-51(2,40-26-14-24-37(47-40)29-15-5-3-6-16-29)45-42-36(33-21-11-12-25-39(33)49(42)31-18-7-4-8-19-31)27-38(48-45)34-22-13-23-35-41-44(50-43(34)35)32-20-10-9-17-30(32)28-46-41/h3-28H,1-2H3. The van der Waals surface area contributed by atoms with Crippen LogP contribution in [0.25, 0.3) is 82.8 Å². The van der Waals surface area contributed by atoms with E-state index in [4.69, 9.17) is 19.4 Å². The monoisotopic (exact) mass is 672 g/mol. The van der Waals surface area contributed by atoms with Crippen LogP contribution < -0.4 is 10.6 Å². The van der Waals surface area contributed by atoms with Crippen LogP contribution in [0, 0.1) is 0 Å². The normalized spacial score (nSPS) is 12.1. The van der Waals surface area contributed by atoms with Gasteiger partial charge in [0.1, 0.15) is 11.1 Å². The van der Waals surface area contributed by atoms with Crippen LogP contribution in [0.1, 0.15) is 0 Å². The third kappa shape index (κ3) is 4.57. The van der Waals surface area contributed by atoms with Crippen LogP contribution in [0.4, 0.5) is 0 Å². The number of para-hydroxylation sites is 3. The largest absolute Gasteiger partial charge is 0.453 e. The van der Waals surface area contributed by atoms with Crippen LogP contribution in [0.5, 0.6) is 0 Å². The lowest BCUT2D eigenvalue weighted by Gasteiger charge is -2.25. The average Bonchev–Trinajstić information content (AvgIpc) is 3.75. The quantitative estimate of drug-likeness (QED) is 0.171.